The molecule has 0 fully saturated rings. The van der Waals surface area contributed by atoms with E-state index in [1.165, 1.54) is 0 Å². The molecule has 1 atom stereocenters. The Morgan fingerprint density at radius 1 is 1.57 bits per heavy atom. The van der Waals surface area contributed by atoms with Crippen LogP contribution in [0.1, 0.15) is 12.5 Å². The highest BCUT2D eigenvalue weighted by molar-refractivity contribution is 6.32. The van der Waals surface area contributed by atoms with Gasteiger partial charge in [-0.15, -0.1) is 11.6 Å². The van der Waals surface area contributed by atoms with Crippen molar-refractivity contribution in [3.8, 4) is 0 Å². The number of benzene rings is 1. The lowest BCUT2D eigenvalue weighted by Gasteiger charge is -2.09. The molecule has 1 aromatic rings. The van der Waals surface area contributed by atoms with Crippen LogP contribution >= 0.6 is 11.6 Å². The van der Waals surface area contributed by atoms with Gasteiger partial charge in [-0.2, -0.15) is 0 Å². The van der Waals surface area contributed by atoms with E-state index in [4.69, 9.17) is 17.3 Å². The summed E-state index contributed by atoms with van der Waals surface area (Å²) < 4.78 is 0. The number of carbonyl (C=O) groups is 1. The number of alkyl halides is 1. The molecule has 4 heteroatoms. The van der Waals surface area contributed by atoms with E-state index in [0.29, 0.717) is 11.4 Å². The fourth-order valence-electron chi connectivity index (χ4n) is 1.03. The van der Waals surface area contributed by atoms with E-state index in [2.05, 4.69) is 5.32 Å². The van der Waals surface area contributed by atoms with Crippen LogP contribution in [-0.2, 0) is 4.79 Å². The maximum atomic E-state index is 11.3. The highest BCUT2D eigenvalue weighted by Gasteiger charge is 2.10. The van der Waals surface area contributed by atoms with Crippen molar-refractivity contribution in [3.05, 3.63) is 23.8 Å². The second-order valence-electron chi connectivity index (χ2n) is 3.20. The van der Waals surface area contributed by atoms with Crippen molar-refractivity contribution in [2.75, 3.05) is 11.1 Å². The average molecular weight is 213 g/mol. The Morgan fingerprint density at radius 2 is 2.21 bits per heavy atom. The molecule has 76 valence electrons. The van der Waals surface area contributed by atoms with E-state index in [-0.39, 0.29) is 5.91 Å². The Morgan fingerprint density at radius 3 is 2.71 bits per heavy atom. The Bertz CT molecular complexity index is 350. The minimum Gasteiger partial charge on any atom is -0.397 e. The number of nitrogen functional groups attached to an aromatic ring is 1. The van der Waals surface area contributed by atoms with Crippen molar-refractivity contribution in [2.45, 2.75) is 19.2 Å². The molecule has 1 amide bonds. The molecule has 0 aliphatic carbocycles. The van der Waals surface area contributed by atoms with Gasteiger partial charge in [0.15, 0.2) is 0 Å². The lowest BCUT2D eigenvalue weighted by molar-refractivity contribution is -0.115. The zero-order valence-corrected chi connectivity index (χ0v) is 8.93. The first kappa shape index (κ1) is 10.9. The molecule has 0 aliphatic rings. The lowest BCUT2D eigenvalue weighted by Crippen LogP contribution is -2.20. The topological polar surface area (TPSA) is 55.1 Å². The van der Waals surface area contributed by atoms with Crippen molar-refractivity contribution in [1.82, 2.24) is 0 Å². The predicted octanol–water partition coefficient (Wildman–Crippen LogP) is 2.14. The summed E-state index contributed by atoms with van der Waals surface area (Å²) in [6, 6.07) is 5.45. The van der Waals surface area contributed by atoms with Crippen LogP contribution in [-0.4, -0.2) is 11.3 Å². The standard InChI is InChI=1S/C10H13ClN2O/c1-6-3-4-9(8(12)5-6)13-10(14)7(2)11/h3-5,7H,12H2,1-2H3,(H,13,14). The Labute approximate surface area is 88.2 Å². The van der Waals surface area contributed by atoms with E-state index in [0.717, 1.165) is 5.56 Å². The molecule has 1 aromatic carbocycles. The monoisotopic (exact) mass is 212 g/mol. The molecule has 1 rings (SSSR count). The summed E-state index contributed by atoms with van der Waals surface area (Å²) in [5, 5.41) is 2.08. The Kier molecular flexibility index (Phi) is 3.36. The minimum atomic E-state index is -0.560. The Hall–Kier alpha value is -1.22. The molecule has 1 unspecified atom stereocenters. The average Bonchev–Trinajstić information content (AvgIpc) is 2.09. The van der Waals surface area contributed by atoms with E-state index >= 15 is 0 Å². The number of hydrogen-bond acceptors (Lipinski definition) is 2. The van der Waals surface area contributed by atoms with Crippen LogP contribution in [0.5, 0.6) is 0 Å². The number of nitrogens with two attached hydrogens (primary N) is 1. The van der Waals surface area contributed by atoms with Gasteiger partial charge in [-0.05, 0) is 31.5 Å². The summed E-state index contributed by atoms with van der Waals surface area (Å²) in [6.07, 6.45) is 0. The smallest absolute Gasteiger partial charge is 0.242 e. The second kappa shape index (κ2) is 4.33. The van der Waals surface area contributed by atoms with Crippen LogP contribution < -0.4 is 11.1 Å². The van der Waals surface area contributed by atoms with Crippen LogP contribution in [0, 0.1) is 6.92 Å². The molecule has 3 N–H and O–H groups in total. The molecule has 0 aliphatic heterocycles. The second-order valence-corrected chi connectivity index (χ2v) is 3.85. The first-order valence-electron chi connectivity index (χ1n) is 4.32. The zero-order valence-electron chi connectivity index (χ0n) is 8.17. The summed E-state index contributed by atoms with van der Waals surface area (Å²) in [7, 11) is 0. The van der Waals surface area contributed by atoms with Crippen molar-refractivity contribution < 1.29 is 4.79 Å². The molecule has 0 heterocycles. The van der Waals surface area contributed by atoms with Crippen LogP contribution in [0.3, 0.4) is 0 Å². The van der Waals surface area contributed by atoms with Gasteiger partial charge in [0.05, 0.1) is 11.4 Å². The summed E-state index contributed by atoms with van der Waals surface area (Å²) in [5.41, 5.74) is 7.92. The normalized spacial score (nSPS) is 12.2. The predicted molar refractivity (Wildman–Crippen MR) is 59.5 cm³/mol. The number of anilines is 2. The molecular formula is C10H13ClN2O. The molecule has 0 spiro atoms. The van der Waals surface area contributed by atoms with Crippen molar-refractivity contribution >= 4 is 28.9 Å². The molecule has 0 saturated carbocycles. The SMILES string of the molecule is Cc1ccc(NC(=O)C(C)Cl)c(N)c1. The maximum absolute atomic E-state index is 11.3. The van der Waals surface area contributed by atoms with E-state index in [1.54, 1.807) is 19.1 Å². The van der Waals surface area contributed by atoms with Gasteiger partial charge in [0.2, 0.25) is 5.91 Å². The van der Waals surface area contributed by atoms with E-state index in [1.807, 2.05) is 13.0 Å². The van der Waals surface area contributed by atoms with Gasteiger partial charge in [-0.25, -0.2) is 0 Å². The number of aryl methyl sites for hydroxylation is 1. The molecule has 0 radical (unpaired) electrons. The highest BCUT2D eigenvalue weighted by Crippen LogP contribution is 2.19. The highest BCUT2D eigenvalue weighted by atomic mass is 35.5. The lowest BCUT2D eigenvalue weighted by atomic mass is 10.2. The van der Waals surface area contributed by atoms with Gasteiger partial charge < -0.3 is 11.1 Å². The largest absolute Gasteiger partial charge is 0.397 e. The quantitative estimate of drug-likeness (QED) is 0.583. The van der Waals surface area contributed by atoms with Crippen LogP contribution in [0.15, 0.2) is 18.2 Å². The number of amides is 1. The van der Waals surface area contributed by atoms with Crippen molar-refractivity contribution in [2.24, 2.45) is 0 Å². The fourth-order valence-corrected chi connectivity index (χ4v) is 1.08. The third-order valence-electron chi connectivity index (χ3n) is 1.83. The van der Waals surface area contributed by atoms with Gasteiger partial charge in [0.1, 0.15) is 5.38 Å². The molecule has 0 aromatic heterocycles. The Balaban J connectivity index is 2.82. The first-order chi connectivity index (χ1) is 6.50. The van der Waals surface area contributed by atoms with Crippen molar-refractivity contribution in [1.29, 1.82) is 0 Å². The van der Waals surface area contributed by atoms with Gasteiger partial charge in [-0.1, -0.05) is 6.07 Å². The third kappa shape index (κ3) is 2.64. The molecular weight excluding hydrogens is 200 g/mol. The number of rotatable bonds is 2. The van der Waals surface area contributed by atoms with Gasteiger partial charge in [0, 0.05) is 0 Å². The summed E-state index contributed by atoms with van der Waals surface area (Å²) >= 11 is 5.61. The number of nitrogens with one attached hydrogen (secondary N) is 1. The van der Waals surface area contributed by atoms with Crippen molar-refractivity contribution in [3.63, 3.8) is 0 Å². The number of carbonyl (C=O) groups excluding carboxylic acids is 1. The van der Waals surface area contributed by atoms with Crippen LogP contribution in [0.2, 0.25) is 0 Å². The molecule has 14 heavy (non-hydrogen) atoms. The van der Waals surface area contributed by atoms with Crippen LogP contribution in [0.4, 0.5) is 11.4 Å². The molecule has 0 bridgehead atoms. The van der Waals surface area contributed by atoms with Gasteiger partial charge in [0.25, 0.3) is 0 Å². The van der Waals surface area contributed by atoms with E-state index < -0.39 is 5.38 Å². The number of halogens is 1. The number of hydrogen-bond donors (Lipinski definition) is 2. The first-order valence-corrected chi connectivity index (χ1v) is 4.75. The molecule has 3 nitrogen and oxygen atoms in total. The van der Waals surface area contributed by atoms with Crippen LogP contribution in [0.25, 0.3) is 0 Å². The fraction of sp³-hybridized carbons (Fsp3) is 0.300. The van der Waals surface area contributed by atoms with E-state index in [9.17, 15) is 4.79 Å². The zero-order chi connectivity index (χ0) is 10.7. The third-order valence-corrected chi connectivity index (χ3v) is 2.02. The summed E-state index contributed by atoms with van der Waals surface area (Å²) in [5.74, 6) is -0.248. The summed E-state index contributed by atoms with van der Waals surface area (Å²) in [4.78, 5) is 11.3. The molecule has 0 saturated heterocycles. The minimum absolute atomic E-state index is 0.248. The van der Waals surface area contributed by atoms with Gasteiger partial charge >= 0.3 is 0 Å². The van der Waals surface area contributed by atoms with Gasteiger partial charge in [-0.3, -0.25) is 4.79 Å². The summed E-state index contributed by atoms with van der Waals surface area (Å²) in [6.45, 7) is 3.55. The maximum Gasteiger partial charge on any atom is 0.242 e.